The third-order valence-corrected chi connectivity index (χ3v) is 9.60. The van der Waals surface area contributed by atoms with E-state index in [-0.39, 0.29) is 29.0 Å². The van der Waals surface area contributed by atoms with E-state index in [1.807, 2.05) is 25.1 Å². The van der Waals surface area contributed by atoms with Crippen LogP contribution in [0.15, 0.2) is 66.9 Å². The zero-order valence-electron chi connectivity index (χ0n) is 26.3. The summed E-state index contributed by atoms with van der Waals surface area (Å²) in [5.74, 6) is 0.628. The Bertz CT molecular complexity index is 1980. The highest BCUT2D eigenvalue weighted by Crippen LogP contribution is 2.35. The molecule has 0 spiro atoms. The van der Waals surface area contributed by atoms with Crippen molar-refractivity contribution in [2.45, 2.75) is 51.2 Å². The lowest BCUT2D eigenvalue weighted by Gasteiger charge is -2.41. The molecule has 1 saturated heterocycles. The number of fused-ring (bicyclic) bond motifs is 1. The van der Waals surface area contributed by atoms with E-state index in [1.54, 1.807) is 42.7 Å². The molecule has 0 bridgehead atoms. The van der Waals surface area contributed by atoms with Crippen LogP contribution in [0.5, 0.6) is 17.2 Å². The van der Waals surface area contributed by atoms with Crippen LogP contribution in [0.25, 0.3) is 16.6 Å². The van der Waals surface area contributed by atoms with Crippen molar-refractivity contribution >= 4 is 39.2 Å². The van der Waals surface area contributed by atoms with Gasteiger partial charge < -0.3 is 29.8 Å². The van der Waals surface area contributed by atoms with E-state index in [2.05, 4.69) is 19.7 Å². The van der Waals surface area contributed by atoms with Gasteiger partial charge in [-0.15, -0.1) is 0 Å². The van der Waals surface area contributed by atoms with Crippen molar-refractivity contribution in [3.8, 4) is 22.9 Å². The number of hydrogen-bond donors (Lipinski definition) is 3. The molecule has 4 N–H and O–H groups in total. The average molecular weight is 657 g/mol. The number of nitrogens with one attached hydrogen (secondary N) is 2. The van der Waals surface area contributed by atoms with E-state index >= 15 is 0 Å². The molecule has 0 radical (unpaired) electrons. The fourth-order valence-corrected chi connectivity index (χ4v) is 6.78. The Morgan fingerprint density at radius 1 is 1.04 bits per heavy atom. The number of hydrogen-bond acceptors (Lipinski definition) is 7. The van der Waals surface area contributed by atoms with Crippen LogP contribution < -0.4 is 19.9 Å². The summed E-state index contributed by atoms with van der Waals surface area (Å²) >= 11 is 0. The molecule has 3 heterocycles. The maximum atomic E-state index is 14.1. The van der Waals surface area contributed by atoms with Crippen LogP contribution in [0.4, 0.5) is 15.9 Å². The number of carbonyl (C=O) groups excluding carboxylic acids is 1. The van der Waals surface area contributed by atoms with Crippen molar-refractivity contribution in [1.82, 2.24) is 19.7 Å². The summed E-state index contributed by atoms with van der Waals surface area (Å²) in [5, 5.41) is 5.18. The van der Waals surface area contributed by atoms with Crippen molar-refractivity contribution < 1.29 is 22.9 Å². The number of H-pyrrole nitrogens is 1. The van der Waals surface area contributed by atoms with Gasteiger partial charge in [0.05, 0.1) is 28.8 Å². The van der Waals surface area contributed by atoms with Gasteiger partial charge in [-0.1, -0.05) is 18.6 Å². The maximum Gasteiger partial charge on any atom is 0.214 e. The van der Waals surface area contributed by atoms with Crippen LogP contribution in [-0.4, -0.2) is 61.1 Å². The number of ether oxygens (including phenoxy) is 2. The molecule has 2 fully saturated rings. The third-order valence-electron chi connectivity index (χ3n) is 9.09. The first-order valence-electron chi connectivity index (χ1n) is 15.8. The molecule has 10 nitrogen and oxygen atoms in total. The summed E-state index contributed by atoms with van der Waals surface area (Å²) in [5.41, 5.74) is 9.71. The van der Waals surface area contributed by atoms with E-state index in [0.29, 0.717) is 34.1 Å². The third kappa shape index (κ3) is 6.35. The number of aromatic nitrogens is 3. The van der Waals surface area contributed by atoms with E-state index < -0.39 is 16.8 Å². The van der Waals surface area contributed by atoms with E-state index in [1.165, 1.54) is 36.2 Å². The molecule has 2 aliphatic rings. The number of nitrogens with two attached hydrogens (primary N) is 1. The lowest BCUT2D eigenvalue weighted by molar-refractivity contribution is 0.0497. The number of piperidine rings is 1. The largest absolute Gasteiger partial charge is 0.488 e. The van der Waals surface area contributed by atoms with Crippen LogP contribution in [-0.2, 0) is 11.0 Å². The summed E-state index contributed by atoms with van der Waals surface area (Å²) in [6, 6.07) is 17.7. The minimum absolute atomic E-state index is 0.0593. The van der Waals surface area contributed by atoms with Crippen LogP contribution in [0.2, 0.25) is 0 Å². The second-order valence-corrected chi connectivity index (χ2v) is 13.4. The molecule has 244 valence electrons. The van der Waals surface area contributed by atoms with Crippen LogP contribution in [0.3, 0.4) is 0 Å². The number of rotatable bonds is 10. The van der Waals surface area contributed by atoms with Crippen molar-refractivity contribution in [1.29, 1.82) is 0 Å². The number of carbonyl (C=O) groups is 1. The number of aromatic amines is 1. The van der Waals surface area contributed by atoms with Crippen molar-refractivity contribution in [3.63, 3.8) is 0 Å². The smallest absolute Gasteiger partial charge is 0.214 e. The Morgan fingerprint density at radius 3 is 2.53 bits per heavy atom. The Hall–Kier alpha value is -4.68. The predicted molar refractivity (Wildman–Crippen MR) is 181 cm³/mol. The van der Waals surface area contributed by atoms with Gasteiger partial charge in [-0.3, -0.25) is 4.79 Å². The fraction of sp³-hybridized carbons (Fsp3) is 0.314. The first-order valence-corrected chi connectivity index (χ1v) is 17.4. The minimum Gasteiger partial charge on any atom is -0.488 e. The second kappa shape index (κ2) is 12.8. The van der Waals surface area contributed by atoms with Crippen LogP contribution in [0.1, 0.15) is 53.7 Å². The lowest BCUT2D eigenvalue weighted by atomic mass is 9.90. The van der Waals surface area contributed by atoms with Crippen molar-refractivity contribution in [3.05, 3.63) is 89.5 Å². The van der Waals surface area contributed by atoms with E-state index in [9.17, 15) is 13.4 Å². The second-order valence-electron chi connectivity index (χ2n) is 12.3. The van der Waals surface area contributed by atoms with E-state index in [4.69, 9.17) is 15.2 Å². The van der Waals surface area contributed by atoms with Gasteiger partial charge in [0.1, 0.15) is 34.4 Å². The molecule has 12 heteroatoms. The highest BCUT2D eigenvalue weighted by molar-refractivity contribution is 7.85. The molecule has 7 rings (SSSR count). The fourth-order valence-electron chi connectivity index (χ4n) is 6.31. The summed E-state index contributed by atoms with van der Waals surface area (Å²) in [6.45, 7) is 3.87. The SMILES string of the molecule is Cc1cc(-n2ncc(C(=O)c3cc4cc(OC5CCN(C6CCC6)CC5)c(NS(C)=O)cc4[nH]3)c2N)ccc1Oc1ccccc1F. The van der Waals surface area contributed by atoms with Gasteiger partial charge >= 0.3 is 0 Å². The van der Waals surface area contributed by atoms with Gasteiger partial charge in [-0.05, 0) is 86.7 Å². The Kier molecular flexibility index (Phi) is 8.46. The topological polar surface area (TPSA) is 128 Å². The summed E-state index contributed by atoms with van der Waals surface area (Å²) in [6.07, 6.45) is 8.85. The first-order chi connectivity index (χ1) is 22.7. The molecule has 5 aromatic rings. The quantitative estimate of drug-likeness (QED) is 0.146. The monoisotopic (exact) mass is 656 g/mol. The molecule has 1 atom stereocenters. The molecule has 1 unspecified atom stereocenters. The van der Waals surface area contributed by atoms with Gasteiger partial charge in [-0.25, -0.2) is 13.3 Å². The summed E-state index contributed by atoms with van der Waals surface area (Å²) < 4.78 is 43.0. The molecular weight excluding hydrogens is 619 g/mol. The molecule has 47 heavy (non-hydrogen) atoms. The lowest BCUT2D eigenvalue weighted by Crippen LogP contribution is -2.46. The number of aryl methyl sites for hydroxylation is 1. The molecule has 2 aromatic heterocycles. The molecule has 1 aliphatic heterocycles. The number of para-hydroxylation sites is 1. The van der Waals surface area contributed by atoms with Gasteiger partial charge in [0.15, 0.2) is 11.6 Å². The first kappa shape index (κ1) is 30.9. The average Bonchev–Trinajstić information content (AvgIpc) is 3.62. The van der Waals surface area contributed by atoms with Gasteiger partial charge in [-0.2, -0.15) is 5.10 Å². The number of nitrogens with zero attached hydrogens (tertiary/aromatic N) is 3. The number of halogens is 1. The number of benzene rings is 3. The number of anilines is 2. The van der Waals surface area contributed by atoms with Crippen LogP contribution in [0, 0.1) is 12.7 Å². The molecule has 3 aromatic carbocycles. The van der Waals surface area contributed by atoms with Gasteiger partial charge in [0, 0.05) is 36.3 Å². The predicted octanol–water partition coefficient (Wildman–Crippen LogP) is 6.51. The highest BCUT2D eigenvalue weighted by Gasteiger charge is 2.30. The molecule has 1 aliphatic carbocycles. The zero-order valence-corrected chi connectivity index (χ0v) is 27.1. The van der Waals surface area contributed by atoms with Crippen molar-refractivity contribution in [2.24, 2.45) is 0 Å². The maximum absolute atomic E-state index is 14.1. The number of nitrogen functional groups attached to an aromatic ring is 1. The standard InChI is InChI=1S/C35H37FN6O4S/c1-21-16-24(10-11-31(21)46-32-9-4-3-8-27(32)36)42-35(37)26(20-38-42)34(43)30-17-22-18-33(29(40-47(2)44)19-28(22)39-30)45-25-12-14-41(15-13-25)23-6-5-7-23/h3-4,8-11,16-20,23,25,39-40H,5-7,12-15,37H2,1-2H3. The number of ketones is 1. The summed E-state index contributed by atoms with van der Waals surface area (Å²) in [7, 11) is -1.32. The van der Waals surface area contributed by atoms with Gasteiger partial charge in [0.2, 0.25) is 5.78 Å². The Morgan fingerprint density at radius 2 is 1.83 bits per heavy atom. The summed E-state index contributed by atoms with van der Waals surface area (Å²) in [4.78, 5) is 19.5. The van der Waals surface area contributed by atoms with E-state index in [0.717, 1.165) is 42.9 Å². The number of likely N-dealkylation sites (tertiary alicyclic amines) is 1. The van der Waals surface area contributed by atoms with Crippen molar-refractivity contribution in [2.75, 3.05) is 29.8 Å². The van der Waals surface area contributed by atoms with Crippen LogP contribution >= 0.6 is 0 Å². The zero-order chi connectivity index (χ0) is 32.7. The molecular formula is C35H37FN6O4S. The Balaban J connectivity index is 1.11. The minimum atomic E-state index is -1.32. The normalized spacial score (nSPS) is 16.6. The van der Waals surface area contributed by atoms with Gasteiger partial charge in [0.25, 0.3) is 0 Å². The highest BCUT2D eigenvalue weighted by atomic mass is 32.2. The molecule has 1 saturated carbocycles. The molecule has 0 amide bonds. The Labute approximate surface area is 274 Å².